The number of esters is 1. The van der Waals surface area contributed by atoms with E-state index in [9.17, 15) is 9.90 Å². The molecule has 0 aliphatic carbocycles. The van der Waals surface area contributed by atoms with Crippen LogP contribution in [0.25, 0.3) is 6.08 Å². The number of phenols is 1. The van der Waals surface area contributed by atoms with E-state index in [-0.39, 0.29) is 12.4 Å². The summed E-state index contributed by atoms with van der Waals surface area (Å²) < 4.78 is 4.51. The first-order valence-electron chi connectivity index (χ1n) is 5.91. The second-order valence-electron chi connectivity index (χ2n) is 4.16. The number of aromatic hydroxyl groups is 1. The van der Waals surface area contributed by atoms with E-state index in [0.29, 0.717) is 6.42 Å². The number of aliphatic hydroxyl groups is 1. The largest absolute Gasteiger partial charge is 0.508 e. The third kappa shape index (κ3) is 4.97. The third-order valence-electron chi connectivity index (χ3n) is 2.64. The molecule has 0 unspecified atom stereocenters. The number of rotatable bonds is 5. The van der Waals surface area contributed by atoms with E-state index >= 15 is 0 Å². The lowest BCUT2D eigenvalue weighted by Gasteiger charge is -2.04. The van der Waals surface area contributed by atoms with Crippen LogP contribution >= 0.6 is 0 Å². The molecule has 4 heteroatoms. The van der Waals surface area contributed by atoms with Crippen molar-refractivity contribution in [1.29, 1.82) is 0 Å². The van der Waals surface area contributed by atoms with Gasteiger partial charge in [0.1, 0.15) is 5.75 Å². The van der Waals surface area contributed by atoms with E-state index in [4.69, 9.17) is 5.11 Å². The van der Waals surface area contributed by atoms with Crippen LogP contribution < -0.4 is 0 Å². The SMILES string of the molecule is COC(=O)C=Cc1ccc(O)c(CC=C(C)CO)c1. The molecule has 1 rings (SSSR count). The lowest BCUT2D eigenvalue weighted by Crippen LogP contribution is -1.93. The standard InChI is InChI=1S/C15H18O4/c1-11(10-16)3-6-13-9-12(4-7-14(13)17)5-8-15(18)19-2/h3-5,7-9,16-17H,6,10H2,1-2H3. The molecule has 0 heterocycles. The van der Waals surface area contributed by atoms with Crippen LogP contribution in [0.15, 0.2) is 35.9 Å². The number of ether oxygens (including phenoxy) is 1. The van der Waals surface area contributed by atoms with Crippen LogP contribution in [0, 0.1) is 0 Å². The maximum atomic E-state index is 11.0. The van der Waals surface area contributed by atoms with Crippen LogP contribution in [0.4, 0.5) is 0 Å². The minimum absolute atomic E-state index is 0.00267. The molecule has 19 heavy (non-hydrogen) atoms. The zero-order valence-corrected chi connectivity index (χ0v) is 11.1. The Labute approximate surface area is 112 Å². The van der Waals surface area contributed by atoms with Gasteiger partial charge in [0, 0.05) is 6.08 Å². The van der Waals surface area contributed by atoms with Gasteiger partial charge in [0.15, 0.2) is 0 Å². The van der Waals surface area contributed by atoms with E-state index in [1.165, 1.54) is 13.2 Å². The van der Waals surface area contributed by atoms with Gasteiger partial charge in [-0.15, -0.1) is 0 Å². The van der Waals surface area contributed by atoms with Crippen molar-refractivity contribution < 1.29 is 19.7 Å². The molecule has 0 aliphatic rings. The Morgan fingerprint density at radius 3 is 2.79 bits per heavy atom. The van der Waals surface area contributed by atoms with Gasteiger partial charge < -0.3 is 14.9 Å². The van der Waals surface area contributed by atoms with Crippen molar-refractivity contribution in [3.05, 3.63) is 47.1 Å². The summed E-state index contributed by atoms with van der Waals surface area (Å²) in [6.07, 6.45) is 5.32. The number of aliphatic hydroxyl groups excluding tert-OH is 1. The summed E-state index contributed by atoms with van der Waals surface area (Å²) in [5.74, 6) is -0.233. The molecular formula is C15H18O4. The highest BCUT2D eigenvalue weighted by atomic mass is 16.5. The minimum Gasteiger partial charge on any atom is -0.508 e. The second-order valence-corrected chi connectivity index (χ2v) is 4.16. The zero-order valence-electron chi connectivity index (χ0n) is 11.1. The van der Waals surface area contributed by atoms with Crippen molar-refractivity contribution in [2.45, 2.75) is 13.3 Å². The average Bonchev–Trinajstić information content (AvgIpc) is 2.44. The molecule has 0 atom stereocenters. The quantitative estimate of drug-likeness (QED) is 0.484. The molecule has 0 aliphatic heterocycles. The fourth-order valence-corrected chi connectivity index (χ4v) is 1.45. The second kappa shape index (κ2) is 7.38. The Morgan fingerprint density at radius 2 is 2.16 bits per heavy atom. The number of phenolic OH excluding ortho intramolecular Hbond substituents is 1. The van der Waals surface area contributed by atoms with E-state index < -0.39 is 5.97 Å². The molecule has 4 nitrogen and oxygen atoms in total. The van der Waals surface area contributed by atoms with E-state index in [0.717, 1.165) is 16.7 Å². The maximum absolute atomic E-state index is 11.0. The average molecular weight is 262 g/mol. The van der Waals surface area contributed by atoms with Gasteiger partial charge in [-0.25, -0.2) is 4.79 Å². The van der Waals surface area contributed by atoms with Crippen molar-refractivity contribution in [2.75, 3.05) is 13.7 Å². The van der Waals surface area contributed by atoms with Crippen molar-refractivity contribution >= 4 is 12.0 Å². The van der Waals surface area contributed by atoms with Gasteiger partial charge in [0.25, 0.3) is 0 Å². The van der Waals surface area contributed by atoms with Gasteiger partial charge in [-0.3, -0.25) is 0 Å². The topological polar surface area (TPSA) is 66.8 Å². The summed E-state index contributed by atoms with van der Waals surface area (Å²) >= 11 is 0. The normalized spacial score (nSPS) is 11.8. The smallest absolute Gasteiger partial charge is 0.330 e. The first-order chi connectivity index (χ1) is 9.06. The van der Waals surface area contributed by atoms with Crippen LogP contribution in [0.3, 0.4) is 0 Å². The summed E-state index contributed by atoms with van der Waals surface area (Å²) in [6, 6.07) is 5.07. The number of methoxy groups -OCH3 is 1. The Hall–Kier alpha value is -2.07. The summed E-state index contributed by atoms with van der Waals surface area (Å²) in [4.78, 5) is 11.0. The van der Waals surface area contributed by atoms with Gasteiger partial charge in [-0.05, 0) is 42.7 Å². The monoisotopic (exact) mass is 262 g/mol. The number of benzene rings is 1. The highest BCUT2D eigenvalue weighted by molar-refractivity contribution is 5.86. The molecule has 0 amide bonds. The number of allylic oxidation sites excluding steroid dienone is 1. The Bertz CT molecular complexity index is 501. The van der Waals surface area contributed by atoms with Crippen LogP contribution in [0.2, 0.25) is 0 Å². The fraction of sp³-hybridized carbons (Fsp3) is 0.267. The Kier molecular flexibility index (Phi) is 5.82. The minimum atomic E-state index is -0.425. The molecule has 0 radical (unpaired) electrons. The molecular weight excluding hydrogens is 244 g/mol. The predicted octanol–water partition coefficient (Wildman–Crippen LogP) is 2.06. The molecule has 0 spiro atoms. The molecule has 1 aromatic carbocycles. The maximum Gasteiger partial charge on any atom is 0.330 e. The molecule has 0 bridgehead atoms. The molecule has 0 fully saturated rings. The molecule has 0 saturated heterocycles. The van der Waals surface area contributed by atoms with Crippen molar-refractivity contribution in [1.82, 2.24) is 0 Å². The lowest BCUT2D eigenvalue weighted by atomic mass is 10.0. The van der Waals surface area contributed by atoms with E-state index in [2.05, 4.69) is 4.74 Å². The van der Waals surface area contributed by atoms with Gasteiger partial charge in [0.2, 0.25) is 0 Å². The first kappa shape index (κ1) is 15.0. The Balaban J connectivity index is 2.88. The summed E-state index contributed by atoms with van der Waals surface area (Å²) in [6.45, 7) is 1.82. The lowest BCUT2D eigenvalue weighted by molar-refractivity contribution is -0.134. The van der Waals surface area contributed by atoms with Crippen LogP contribution in [-0.2, 0) is 16.0 Å². The Morgan fingerprint density at radius 1 is 1.42 bits per heavy atom. The number of hydrogen-bond acceptors (Lipinski definition) is 4. The zero-order chi connectivity index (χ0) is 14.3. The first-order valence-corrected chi connectivity index (χ1v) is 5.91. The highest BCUT2D eigenvalue weighted by Gasteiger charge is 2.01. The van der Waals surface area contributed by atoms with Crippen molar-refractivity contribution in [2.24, 2.45) is 0 Å². The summed E-state index contributed by atoms with van der Waals surface area (Å²) in [5, 5.41) is 18.7. The molecule has 0 saturated carbocycles. The summed E-state index contributed by atoms with van der Waals surface area (Å²) in [5.41, 5.74) is 2.38. The number of hydrogen-bond donors (Lipinski definition) is 2. The van der Waals surface area contributed by atoms with E-state index in [1.54, 1.807) is 24.3 Å². The van der Waals surface area contributed by atoms with Crippen LogP contribution in [-0.4, -0.2) is 29.9 Å². The summed E-state index contributed by atoms with van der Waals surface area (Å²) in [7, 11) is 1.32. The molecule has 0 aromatic heterocycles. The van der Waals surface area contributed by atoms with Crippen LogP contribution in [0.1, 0.15) is 18.1 Å². The molecule has 102 valence electrons. The van der Waals surface area contributed by atoms with Gasteiger partial charge in [0.05, 0.1) is 13.7 Å². The van der Waals surface area contributed by atoms with Gasteiger partial charge in [-0.2, -0.15) is 0 Å². The number of carbonyl (C=O) groups is 1. The molecule has 1 aromatic rings. The van der Waals surface area contributed by atoms with Crippen LogP contribution in [0.5, 0.6) is 5.75 Å². The van der Waals surface area contributed by atoms with Gasteiger partial charge in [-0.1, -0.05) is 17.7 Å². The number of carbonyl (C=O) groups excluding carboxylic acids is 1. The van der Waals surface area contributed by atoms with E-state index in [1.807, 2.05) is 13.0 Å². The fourth-order valence-electron chi connectivity index (χ4n) is 1.45. The van der Waals surface area contributed by atoms with Gasteiger partial charge >= 0.3 is 5.97 Å². The highest BCUT2D eigenvalue weighted by Crippen LogP contribution is 2.20. The third-order valence-corrected chi connectivity index (χ3v) is 2.64. The predicted molar refractivity (Wildman–Crippen MR) is 73.7 cm³/mol. The molecule has 2 N–H and O–H groups in total. The van der Waals surface area contributed by atoms with Crippen molar-refractivity contribution in [3.8, 4) is 5.75 Å². The van der Waals surface area contributed by atoms with Crippen molar-refractivity contribution in [3.63, 3.8) is 0 Å².